The Labute approximate surface area is 241 Å². The number of aryl methyl sites for hydroxylation is 1. The maximum Gasteiger partial charge on any atom is 0.386 e. The van der Waals surface area contributed by atoms with Crippen LogP contribution in [0.4, 0.5) is 5.82 Å². The van der Waals surface area contributed by atoms with Crippen LogP contribution in [0.15, 0.2) is 12.5 Å². The van der Waals surface area contributed by atoms with E-state index in [9.17, 15) is 19.3 Å². The molecule has 3 fully saturated rings. The number of nitrogens with one attached hydrogen (secondary N) is 1. The first-order valence-corrected chi connectivity index (χ1v) is 18.4. The molecule has 0 saturated carbocycles. The van der Waals surface area contributed by atoms with Crippen molar-refractivity contribution in [2.75, 3.05) is 25.1 Å². The summed E-state index contributed by atoms with van der Waals surface area (Å²) < 4.78 is 60.9. The lowest BCUT2D eigenvalue weighted by Gasteiger charge is -2.25. The number of halogens is 1. The van der Waals surface area contributed by atoms with E-state index >= 15 is 0 Å². The highest BCUT2D eigenvalue weighted by molar-refractivity contribution is 14.1. The van der Waals surface area contributed by atoms with Gasteiger partial charge in [-0.05, 0) is 41.0 Å². The summed E-state index contributed by atoms with van der Waals surface area (Å²) in [4.78, 5) is 8.75. The highest BCUT2D eigenvalue weighted by atomic mass is 127. The third-order valence-electron chi connectivity index (χ3n) is 6.78. The molecule has 6 rings (SSSR count). The van der Waals surface area contributed by atoms with Gasteiger partial charge in [0, 0.05) is 12.7 Å². The minimum absolute atomic E-state index is 0.366. The molecule has 0 spiro atoms. The molecule has 1 unspecified atom stereocenters. The van der Waals surface area contributed by atoms with Crippen LogP contribution in [0, 0.1) is 0 Å². The predicted octanol–water partition coefficient (Wildman–Crippen LogP) is 2.46. The average molecular weight is 722 g/mol. The number of aliphatic hydroxyl groups excluding tert-OH is 2. The van der Waals surface area contributed by atoms with Crippen LogP contribution in [0.5, 0.6) is 0 Å². The summed E-state index contributed by atoms with van der Waals surface area (Å²) in [5.74, 6) is 0.685. The molecule has 6 heterocycles. The van der Waals surface area contributed by atoms with Gasteiger partial charge in [-0.2, -0.15) is 0 Å². The molecule has 2 aromatic rings. The number of hydrogen-bond acceptors (Lipinski definition) is 13. The molecular formula is C19H25IN4O10P2S2. The van der Waals surface area contributed by atoms with E-state index in [1.807, 2.05) is 28.8 Å². The molecule has 0 aliphatic carbocycles. The fourth-order valence-corrected chi connectivity index (χ4v) is 9.16. The van der Waals surface area contributed by atoms with E-state index in [-0.39, 0.29) is 6.61 Å². The zero-order chi connectivity index (χ0) is 26.8. The smallest absolute Gasteiger partial charge is 0.386 e. The quantitative estimate of drug-likeness (QED) is 0.126. The maximum absolute atomic E-state index is 13.2. The lowest BCUT2D eigenvalue weighted by molar-refractivity contribution is -0.0489. The molecule has 0 amide bonds. The summed E-state index contributed by atoms with van der Waals surface area (Å²) in [5.41, 5.74) is 1.51. The second-order valence-electron chi connectivity index (χ2n) is 9.25. The van der Waals surface area contributed by atoms with Crippen LogP contribution in [0.2, 0.25) is 0 Å². The predicted molar refractivity (Wildman–Crippen MR) is 148 cm³/mol. The normalized spacial score (nSPS) is 43.9. The van der Waals surface area contributed by atoms with Gasteiger partial charge in [-0.25, -0.2) is 19.1 Å². The molecule has 0 aromatic carbocycles. The minimum atomic E-state index is -4.11. The summed E-state index contributed by atoms with van der Waals surface area (Å²) in [6, 6.07) is 0. The van der Waals surface area contributed by atoms with Crippen molar-refractivity contribution in [1.82, 2.24) is 14.5 Å². The van der Waals surface area contributed by atoms with E-state index in [0.717, 1.165) is 30.3 Å². The summed E-state index contributed by atoms with van der Waals surface area (Å²) in [6.07, 6.45) is -3.18. The number of alkyl halides is 1. The largest absolute Gasteiger partial charge is 0.387 e. The third-order valence-corrected chi connectivity index (χ3v) is 11.0. The Morgan fingerprint density at radius 2 is 1.74 bits per heavy atom. The molecular weight excluding hydrogens is 697 g/mol. The number of rotatable bonds is 1. The Morgan fingerprint density at radius 1 is 1.03 bits per heavy atom. The van der Waals surface area contributed by atoms with Crippen LogP contribution < -0.4 is 5.32 Å². The zero-order valence-corrected chi connectivity index (χ0v) is 25.2. The number of ether oxygens (including phenoxy) is 2. The van der Waals surface area contributed by atoms with E-state index < -0.39 is 67.2 Å². The number of thiol groups is 2. The Morgan fingerprint density at radius 3 is 2.50 bits per heavy atom. The lowest BCUT2D eigenvalue weighted by Crippen LogP contribution is -2.35. The third kappa shape index (κ3) is 5.32. The fourth-order valence-electron chi connectivity index (χ4n) is 5.02. The standard InChI is InChI=1S/C19H25IN4O10P2S2/c20-16-15-12(25)9(31-16)5-29-35(27,37)33-14-10(6-30-36(28,38)34-15)32-19(13(14)26)24-4-8-2-1-3-21-17-11(8)18(24)23-7-22-17/h4,7,9-10,12-16,19,25-26H,1-3,5-6H2,(H,27,37)(H,28,38)(H,21,22,23)/t9?,10-,12-,13-,14-,15-,16-,19-,35-,36-/m1/s1. The van der Waals surface area contributed by atoms with Gasteiger partial charge in [0.05, 0.1) is 18.6 Å². The van der Waals surface area contributed by atoms with E-state index in [4.69, 9.17) is 27.6 Å². The van der Waals surface area contributed by atoms with Crippen molar-refractivity contribution in [3.63, 3.8) is 0 Å². The van der Waals surface area contributed by atoms with Gasteiger partial charge in [-0.15, -0.1) is 0 Å². The Hall–Kier alpha value is -0.0100. The molecule has 3 N–H and O–H groups in total. The van der Waals surface area contributed by atoms with Gasteiger partial charge >= 0.3 is 13.6 Å². The number of aromatic nitrogens is 3. The van der Waals surface area contributed by atoms with E-state index in [2.05, 4.69) is 39.8 Å². The fraction of sp³-hybridized carbons (Fsp3) is 0.684. The van der Waals surface area contributed by atoms with E-state index in [1.54, 1.807) is 4.57 Å². The van der Waals surface area contributed by atoms with Crippen LogP contribution >= 0.6 is 60.7 Å². The Bertz CT molecular complexity index is 1320. The summed E-state index contributed by atoms with van der Waals surface area (Å²) in [6.45, 7) is -8.17. The molecule has 38 heavy (non-hydrogen) atoms. The first kappa shape index (κ1) is 28.1. The monoisotopic (exact) mass is 722 g/mol. The van der Waals surface area contributed by atoms with Crippen LogP contribution in [0.25, 0.3) is 11.0 Å². The second-order valence-corrected chi connectivity index (χ2v) is 16.2. The first-order valence-electron chi connectivity index (χ1n) is 11.7. The van der Waals surface area contributed by atoms with Gasteiger partial charge in [0.1, 0.15) is 58.5 Å². The molecule has 210 valence electrons. The Kier molecular flexibility index (Phi) is 7.90. The molecule has 14 nitrogen and oxygen atoms in total. The number of nitrogens with zero attached hydrogens (tertiary/aromatic N) is 3. The van der Waals surface area contributed by atoms with Crippen molar-refractivity contribution >= 4 is 77.5 Å². The molecule has 4 aliphatic heterocycles. The van der Waals surface area contributed by atoms with Crippen LogP contribution in [0.3, 0.4) is 0 Å². The van der Waals surface area contributed by atoms with Crippen molar-refractivity contribution in [3.05, 3.63) is 18.1 Å². The SMILES string of the molecule is O=[P@@]1(S)OC[C@H]2O[C@@H](n3cc4c5c(ncnc53)NCCC4)[C@H](O)[C@@H]2O[P@](=O)(S)OCC2O[C@@H](I)[C@H](O1)[C@@H]2O. The van der Waals surface area contributed by atoms with Gasteiger partial charge in [0.15, 0.2) is 6.23 Å². The van der Waals surface area contributed by atoms with Crippen molar-refractivity contribution < 1.29 is 46.9 Å². The molecule has 3 saturated heterocycles. The first-order chi connectivity index (χ1) is 18.0. The highest BCUT2D eigenvalue weighted by Gasteiger charge is 2.52. The molecule has 2 bridgehead atoms. The van der Waals surface area contributed by atoms with Gasteiger partial charge < -0.3 is 29.6 Å². The second kappa shape index (κ2) is 10.7. The Balaban J connectivity index is 1.33. The number of anilines is 1. The van der Waals surface area contributed by atoms with E-state index in [1.165, 1.54) is 6.33 Å². The summed E-state index contributed by atoms with van der Waals surface area (Å²) in [7, 11) is 0. The zero-order valence-electron chi connectivity index (χ0n) is 19.5. The maximum atomic E-state index is 13.2. The van der Waals surface area contributed by atoms with E-state index in [0.29, 0.717) is 11.5 Å². The topological polar surface area (TPSA) is 173 Å². The van der Waals surface area contributed by atoms with Gasteiger partial charge in [0.25, 0.3) is 0 Å². The van der Waals surface area contributed by atoms with Gasteiger partial charge in [-0.3, -0.25) is 18.1 Å². The number of fused-ring (bicyclic) bond motifs is 3. The highest BCUT2D eigenvalue weighted by Crippen LogP contribution is 2.59. The van der Waals surface area contributed by atoms with Crippen LogP contribution in [-0.4, -0.2) is 85.2 Å². The molecule has 19 heteroatoms. The minimum Gasteiger partial charge on any atom is -0.387 e. The molecule has 2 aromatic heterocycles. The summed E-state index contributed by atoms with van der Waals surface area (Å²) >= 11 is 9.97. The van der Waals surface area contributed by atoms with Gasteiger partial charge in [0.2, 0.25) is 0 Å². The van der Waals surface area contributed by atoms with Crippen molar-refractivity contribution in [1.29, 1.82) is 0 Å². The van der Waals surface area contributed by atoms with Crippen molar-refractivity contribution in [3.8, 4) is 0 Å². The van der Waals surface area contributed by atoms with Gasteiger partial charge in [-0.1, -0.05) is 24.5 Å². The van der Waals surface area contributed by atoms with Crippen molar-refractivity contribution in [2.45, 2.75) is 59.8 Å². The average Bonchev–Trinajstić information content (AvgIpc) is 3.39. The molecule has 10 atom stereocenters. The molecule has 0 radical (unpaired) electrons. The number of aliphatic hydroxyl groups is 2. The number of hydrogen-bond donors (Lipinski definition) is 5. The van der Waals surface area contributed by atoms with Crippen LogP contribution in [0.1, 0.15) is 18.2 Å². The van der Waals surface area contributed by atoms with Crippen molar-refractivity contribution in [2.24, 2.45) is 0 Å². The summed E-state index contributed by atoms with van der Waals surface area (Å²) in [5, 5.41) is 26.0. The lowest BCUT2D eigenvalue weighted by atomic mass is 10.1. The molecule has 4 aliphatic rings. The van der Waals surface area contributed by atoms with Crippen LogP contribution in [-0.2, 0) is 43.1 Å².